The van der Waals surface area contributed by atoms with Gasteiger partial charge in [-0.3, -0.25) is 24.7 Å². The summed E-state index contributed by atoms with van der Waals surface area (Å²) >= 11 is 0. The van der Waals surface area contributed by atoms with Crippen LogP contribution in [-0.4, -0.2) is 53.0 Å². The van der Waals surface area contributed by atoms with Crippen molar-refractivity contribution in [2.45, 2.75) is 19.7 Å². The number of Topliss-reactive ketones (excluding diaryl/α,β-unsaturated/α-hetero) is 1. The number of non-ortho nitro benzene ring substituents is 1. The van der Waals surface area contributed by atoms with Crippen LogP contribution in [-0.2, 0) is 11.3 Å². The zero-order valence-electron chi connectivity index (χ0n) is 21.3. The largest absolute Gasteiger partial charge is 0.383 e. The molecule has 1 aliphatic rings. The van der Waals surface area contributed by atoms with Gasteiger partial charge < -0.3 is 20.5 Å². The molecule has 0 saturated carbocycles. The summed E-state index contributed by atoms with van der Waals surface area (Å²) < 4.78 is 5.10. The molecule has 0 spiro atoms. The van der Waals surface area contributed by atoms with E-state index in [9.17, 15) is 29.6 Å². The Balaban J connectivity index is 1.59. The Morgan fingerprint density at radius 3 is 2.38 bits per heavy atom. The molecule has 0 fully saturated rings. The zero-order chi connectivity index (χ0) is 28.1. The summed E-state index contributed by atoms with van der Waals surface area (Å²) in [4.78, 5) is 50.8. The highest BCUT2D eigenvalue weighted by Crippen LogP contribution is 2.38. The molecule has 4 rings (SSSR count). The predicted octanol–water partition coefficient (Wildman–Crippen LogP) is 4.52. The van der Waals surface area contributed by atoms with Crippen LogP contribution in [0.4, 0.5) is 32.3 Å². The maximum absolute atomic E-state index is 13.3. The van der Waals surface area contributed by atoms with Crippen molar-refractivity contribution in [3.63, 3.8) is 0 Å². The average Bonchev–Trinajstić information content (AvgIpc) is 2.91. The lowest BCUT2D eigenvalue weighted by molar-refractivity contribution is -0.384. The van der Waals surface area contributed by atoms with E-state index in [1.54, 1.807) is 54.6 Å². The van der Waals surface area contributed by atoms with Gasteiger partial charge in [-0.25, -0.2) is 9.59 Å². The quantitative estimate of drug-likeness (QED) is 0.207. The summed E-state index contributed by atoms with van der Waals surface area (Å²) in [7, 11) is 1.48. The van der Waals surface area contributed by atoms with Crippen LogP contribution >= 0.6 is 0 Å². The van der Waals surface area contributed by atoms with Crippen LogP contribution in [0.3, 0.4) is 0 Å². The third-order valence-electron chi connectivity index (χ3n) is 6.18. The van der Waals surface area contributed by atoms with Crippen LogP contribution in [0.1, 0.15) is 34.6 Å². The molecule has 3 aromatic carbocycles. The molecule has 1 atom stereocenters. The monoisotopic (exact) mass is 533 g/mol. The number of anilines is 3. The number of ketones is 1. The van der Waals surface area contributed by atoms with Gasteiger partial charge in [-0.05, 0) is 42.8 Å². The molecule has 4 amide bonds. The fraction of sp³-hybridized carbons (Fsp3) is 0.222. The Morgan fingerprint density at radius 1 is 1.05 bits per heavy atom. The molecule has 202 valence electrons. The van der Waals surface area contributed by atoms with Gasteiger partial charge in [-0.1, -0.05) is 24.3 Å². The molecule has 1 aliphatic heterocycles. The Bertz CT molecular complexity index is 1410. The van der Waals surface area contributed by atoms with E-state index in [0.29, 0.717) is 33.8 Å². The SMILES string of the molecule is COCCN1C(=O)N(Cc2ccc([N+](=O)[O-])cc2)c2ccc(NC(=O)Nc3cccc(C(C)=O)c3)cc2C1O. The minimum Gasteiger partial charge on any atom is -0.383 e. The van der Waals surface area contributed by atoms with Gasteiger partial charge in [0.1, 0.15) is 0 Å². The number of nitrogens with one attached hydrogen (secondary N) is 2. The molecule has 0 bridgehead atoms. The van der Waals surface area contributed by atoms with E-state index >= 15 is 0 Å². The van der Waals surface area contributed by atoms with Crippen molar-refractivity contribution in [3.8, 4) is 0 Å². The highest BCUT2D eigenvalue weighted by Gasteiger charge is 2.36. The van der Waals surface area contributed by atoms with Gasteiger partial charge >= 0.3 is 12.1 Å². The molecule has 3 aromatic rings. The fourth-order valence-corrected chi connectivity index (χ4v) is 4.19. The minimum absolute atomic E-state index is 0.0664. The number of nitro benzene ring substituents is 1. The number of aliphatic hydroxyl groups excluding tert-OH is 1. The zero-order valence-corrected chi connectivity index (χ0v) is 21.3. The molecule has 0 aromatic heterocycles. The summed E-state index contributed by atoms with van der Waals surface area (Å²) in [5.74, 6) is -0.131. The van der Waals surface area contributed by atoms with Crippen LogP contribution in [0.25, 0.3) is 0 Å². The summed E-state index contributed by atoms with van der Waals surface area (Å²) in [6, 6.07) is 16.1. The van der Waals surface area contributed by atoms with Crippen molar-refractivity contribution in [2.75, 3.05) is 35.8 Å². The van der Waals surface area contributed by atoms with Crippen LogP contribution in [0.2, 0.25) is 0 Å². The molecule has 0 radical (unpaired) electrons. The number of nitrogens with zero attached hydrogens (tertiary/aromatic N) is 3. The second-order valence-electron chi connectivity index (χ2n) is 8.84. The number of methoxy groups -OCH3 is 1. The van der Waals surface area contributed by atoms with E-state index in [-0.39, 0.29) is 31.2 Å². The number of aliphatic hydroxyl groups is 1. The van der Waals surface area contributed by atoms with Crippen molar-refractivity contribution in [2.24, 2.45) is 0 Å². The first-order valence-electron chi connectivity index (χ1n) is 12.0. The molecule has 0 saturated heterocycles. The lowest BCUT2D eigenvalue weighted by Crippen LogP contribution is -2.50. The van der Waals surface area contributed by atoms with Crippen LogP contribution in [0.5, 0.6) is 0 Å². The Morgan fingerprint density at radius 2 is 1.74 bits per heavy atom. The van der Waals surface area contributed by atoms with Gasteiger partial charge in [-0.2, -0.15) is 0 Å². The molecule has 39 heavy (non-hydrogen) atoms. The highest BCUT2D eigenvalue weighted by atomic mass is 16.6. The second kappa shape index (κ2) is 11.7. The van der Waals surface area contributed by atoms with E-state index in [2.05, 4.69) is 10.6 Å². The van der Waals surface area contributed by atoms with Crippen molar-refractivity contribution in [3.05, 3.63) is 93.5 Å². The summed E-state index contributed by atoms with van der Waals surface area (Å²) in [6.45, 7) is 1.82. The van der Waals surface area contributed by atoms with E-state index in [4.69, 9.17) is 4.74 Å². The van der Waals surface area contributed by atoms with Gasteiger partial charge in [0.05, 0.1) is 23.8 Å². The Labute approximate surface area is 223 Å². The lowest BCUT2D eigenvalue weighted by Gasteiger charge is -2.40. The first-order chi connectivity index (χ1) is 18.7. The number of amides is 4. The number of hydrogen-bond donors (Lipinski definition) is 3. The van der Waals surface area contributed by atoms with Gasteiger partial charge in [-0.15, -0.1) is 0 Å². The van der Waals surface area contributed by atoms with Gasteiger partial charge in [0, 0.05) is 48.3 Å². The highest BCUT2D eigenvalue weighted by molar-refractivity contribution is 6.02. The van der Waals surface area contributed by atoms with E-state index in [0.717, 1.165) is 0 Å². The van der Waals surface area contributed by atoms with E-state index in [1.165, 1.54) is 36.0 Å². The number of benzene rings is 3. The number of urea groups is 2. The van der Waals surface area contributed by atoms with Crippen molar-refractivity contribution in [1.29, 1.82) is 0 Å². The van der Waals surface area contributed by atoms with Crippen molar-refractivity contribution < 1.29 is 29.2 Å². The number of fused-ring (bicyclic) bond motifs is 1. The smallest absolute Gasteiger partial charge is 0.327 e. The average molecular weight is 534 g/mol. The molecular formula is C27H27N5O7. The summed E-state index contributed by atoms with van der Waals surface area (Å²) in [5, 5.41) is 27.4. The standard InChI is InChI=1S/C27H27N5O7/c1-17(33)19-4-3-5-20(14-19)28-26(35)29-21-8-11-24-23(15-21)25(34)30(12-13-39-2)27(36)31(24)16-18-6-9-22(10-7-18)32(37)38/h3-11,14-15,25,34H,12-13,16H2,1-2H3,(H2,28,29,35). The topological polar surface area (TPSA) is 154 Å². The second-order valence-corrected chi connectivity index (χ2v) is 8.84. The van der Waals surface area contributed by atoms with Gasteiger partial charge in [0.2, 0.25) is 0 Å². The van der Waals surface area contributed by atoms with E-state index in [1.807, 2.05) is 0 Å². The number of nitro groups is 1. The number of hydrogen-bond acceptors (Lipinski definition) is 7. The van der Waals surface area contributed by atoms with Crippen molar-refractivity contribution >= 4 is 40.6 Å². The molecule has 1 unspecified atom stereocenters. The number of rotatable bonds is 9. The third kappa shape index (κ3) is 6.20. The van der Waals surface area contributed by atoms with Crippen LogP contribution in [0, 0.1) is 10.1 Å². The number of ether oxygens (including phenoxy) is 1. The van der Waals surface area contributed by atoms with Crippen LogP contribution < -0.4 is 15.5 Å². The number of carbonyl (C=O) groups excluding carboxylic acids is 3. The molecular weight excluding hydrogens is 506 g/mol. The van der Waals surface area contributed by atoms with Gasteiger partial charge in [0.25, 0.3) is 5.69 Å². The van der Waals surface area contributed by atoms with Crippen molar-refractivity contribution in [1.82, 2.24) is 4.90 Å². The summed E-state index contributed by atoms with van der Waals surface area (Å²) in [5.41, 5.74) is 2.65. The maximum atomic E-state index is 13.3. The summed E-state index contributed by atoms with van der Waals surface area (Å²) in [6.07, 6.45) is -1.30. The van der Waals surface area contributed by atoms with Crippen LogP contribution in [0.15, 0.2) is 66.7 Å². The molecule has 0 aliphatic carbocycles. The molecule has 3 N–H and O–H groups in total. The predicted molar refractivity (Wildman–Crippen MR) is 144 cm³/mol. The Hall–Kier alpha value is -4.81. The fourth-order valence-electron chi connectivity index (χ4n) is 4.19. The first kappa shape index (κ1) is 27.2. The third-order valence-corrected chi connectivity index (χ3v) is 6.18. The normalized spacial score (nSPS) is 14.5. The molecule has 1 heterocycles. The first-order valence-corrected chi connectivity index (χ1v) is 12.0. The Kier molecular flexibility index (Phi) is 8.18. The maximum Gasteiger partial charge on any atom is 0.327 e. The van der Waals surface area contributed by atoms with Gasteiger partial charge in [0.15, 0.2) is 12.0 Å². The van der Waals surface area contributed by atoms with E-state index < -0.39 is 23.2 Å². The minimum atomic E-state index is -1.30. The molecule has 12 nitrogen and oxygen atoms in total. The molecule has 12 heteroatoms. The lowest BCUT2D eigenvalue weighted by atomic mass is 10.0. The number of carbonyl (C=O) groups is 3.